The molecule has 0 aliphatic heterocycles. The lowest BCUT2D eigenvalue weighted by molar-refractivity contribution is 0.690. The molecule has 1 aromatic heterocycles. The van der Waals surface area contributed by atoms with Gasteiger partial charge in [-0.25, -0.2) is 4.99 Å². The molecule has 1 atom stereocenters. The summed E-state index contributed by atoms with van der Waals surface area (Å²) in [5, 5.41) is 13.9. The van der Waals surface area contributed by atoms with Crippen LogP contribution in [0.2, 0.25) is 0 Å². The van der Waals surface area contributed by atoms with E-state index in [0.717, 1.165) is 23.9 Å². The maximum absolute atomic E-state index is 4.81. The first-order chi connectivity index (χ1) is 13.0. The molecule has 28 heavy (non-hydrogen) atoms. The van der Waals surface area contributed by atoms with Gasteiger partial charge in [0, 0.05) is 24.8 Å². The van der Waals surface area contributed by atoms with Crippen LogP contribution in [0.3, 0.4) is 0 Å². The maximum atomic E-state index is 4.81. The first-order valence-corrected chi connectivity index (χ1v) is 9.52. The molecule has 0 spiro atoms. The van der Waals surface area contributed by atoms with E-state index in [4.69, 9.17) is 4.99 Å². The molecular weight excluding hydrogens is 461 g/mol. The molecule has 0 radical (unpaired) electrons. The van der Waals surface area contributed by atoms with Crippen molar-refractivity contribution in [3.8, 4) is 0 Å². The molecule has 0 fully saturated rings. The minimum absolute atomic E-state index is 0. The van der Waals surface area contributed by atoms with Crippen LogP contribution in [0.5, 0.6) is 0 Å². The Morgan fingerprint density at radius 2 is 1.86 bits per heavy atom. The molecule has 0 bridgehead atoms. The fraction of sp³-hybridized carbons (Fsp3) is 0.364. The molecule has 5 nitrogen and oxygen atoms in total. The number of fused-ring (bicyclic) bond motifs is 1. The Labute approximate surface area is 184 Å². The number of nitrogens with zero attached hydrogens (tertiary/aromatic N) is 3. The smallest absolute Gasteiger partial charge is 0.192 e. The first-order valence-electron chi connectivity index (χ1n) is 9.52. The third-order valence-electron chi connectivity index (χ3n) is 5.04. The van der Waals surface area contributed by atoms with Crippen molar-refractivity contribution in [1.82, 2.24) is 20.4 Å². The van der Waals surface area contributed by atoms with Gasteiger partial charge in [0.15, 0.2) is 5.96 Å². The van der Waals surface area contributed by atoms with Gasteiger partial charge >= 0.3 is 0 Å². The van der Waals surface area contributed by atoms with Crippen LogP contribution in [0.1, 0.15) is 42.4 Å². The predicted octanol–water partition coefficient (Wildman–Crippen LogP) is 4.62. The van der Waals surface area contributed by atoms with Crippen molar-refractivity contribution in [2.24, 2.45) is 12.0 Å². The summed E-state index contributed by atoms with van der Waals surface area (Å²) in [5.41, 5.74) is 4.66. The lowest BCUT2D eigenvalue weighted by Crippen LogP contribution is -2.38. The summed E-state index contributed by atoms with van der Waals surface area (Å²) >= 11 is 0. The molecule has 2 N–H and O–H groups in total. The van der Waals surface area contributed by atoms with Gasteiger partial charge in [-0.15, -0.1) is 24.0 Å². The van der Waals surface area contributed by atoms with E-state index in [1.165, 1.54) is 21.9 Å². The Bertz CT molecular complexity index is 955. The van der Waals surface area contributed by atoms with Crippen molar-refractivity contribution in [1.29, 1.82) is 0 Å². The van der Waals surface area contributed by atoms with Gasteiger partial charge in [-0.1, -0.05) is 42.5 Å². The number of aryl methyl sites for hydroxylation is 2. The zero-order valence-corrected chi connectivity index (χ0v) is 19.6. The van der Waals surface area contributed by atoms with E-state index in [2.05, 4.69) is 79.0 Å². The lowest BCUT2D eigenvalue weighted by atomic mass is 10.00. The van der Waals surface area contributed by atoms with Crippen molar-refractivity contribution >= 4 is 40.7 Å². The first kappa shape index (κ1) is 22.2. The number of aliphatic imine (C=N–C) groups is 1. The summed E-state index contributed by atoms with van der Waals surface area (Å²) in [5.74, 6) is 0.820. The van der Waals surface area contributed by atoms with E-state index in [0.29, 0.717) is 6.54 Å². The van der Waals surface area contributed by atoms with E-state index in [9.17, 15) is 0 Å². The molecule has 2 aromatic carbocycles. The maximum Gasteiger partial charge on any atom is 0.192 e. The van der Waals surface area contributed by atoms with Crippen LogP contribution in [0.4, 0.5) is 0 Å². The topological polar surface area (TPSA) is 54.2 Å². The van der Waals surface area contributed by atoms with Gasteiger partial charge in [0.25, 0.3) is 0 Å². The minimum Gasteiger partial charge on any atom is -0.357 e. The van der Waals surface area contributed by atoms with Crippen molar-refractivity contribution < 1.29 is 0 Å². The van der Waals surface area contributed by atoms with Crippen LogP contribution in [-0.4, -0.2) is 22.3 Å². The summed E-state index contributed by atoms with van der Waals surface area (Å²) < 4.78 is 1.92. The summed E-state index contributed by atoms with van der Waals surface area (Å²) in [4.78, 5) is 4.81. The Kier molecular flexibility index (Phi) is 7.86. The predicted molar refractivity (Wildman–Crippen MR) is 128 cm³/mol. The molecule has 0 saturated heterocycles. The van der Waals surface area contributed by atoms with Crippen LogP contribution in [0, 0.1) is 13.8 Å². The quantitative estimate of drug-likeness (QED) is 0.311. The second-order valence-electron chi connectivity index (χ2n) is 6.90. The van der Waals surface area contributed by atoms with Gasteiger partial charge in [0.1, 0.15) is 0 Å². The molecule has 3 rings (SSSR count). The fourth-order valence-corrected chi connectivity index (χ4v) is 3.44. The summed E-state index contributed by atoms with van der Waals surface area (Å²) in [6.45, 7) is 9.82. The number of hydrogen-bond acceptors (Lipinski definition) is 2. The van der Waals surface area contributed by atoms with Gasteiger partial charge in [0.05, 0.1) is 18.3 Å². The highest BCUT2D eigenvalue weighted by atomic mass is 127. The third kappa shape index (κ3) is 4.84. The zero-order valence-electron chi connectivity index (χ0n) is 17.3. The van der Waals surface area contributed by atoms with Gasteiger partial charge in [0.2, 0.25) is 0 Å². The van der Waals surface area contributed by atoms with Crippen LogP contribution in [0.15, 0.2) is 47.5 Å². The summed E-state index contributed by atoms with van der Waals surface area (Å²) in [7, 11) is 1.97. The van der Waals surface area contributed by atoms with E-state index in [1.54, 1.807) is 0 Å². The van der Waals surface area contributed by atoms with Crippen molar-refractivity contribution in [2.75, 3.05) is 6.54 Å². The van der Waals surface area contributed by atoms with E-state index >= 15 is 0 Å². The number of hydrogen-bond donors (Lipinski definition) is 2. The number of nitrogens with one attached hydrogen (secondary N) is 2. The Morgan fingerprint density at radius 1 is 1.14 bits per heavy atom. The Balaban J connectivity index is 0.00000280. The van der Waals surface area contributed by atoms with Gasteiger partial charge in [-0.2, -0.15) is 5.10 Å². The normalized spacial score (nSPS) is 12.5. The summed E-state index contributed by atoms with van der Waals surface area (Å²) in [6.07, 6.45) is 0. The monoisotopic (exact) mass is 491 g/mol. The Hall–Kier alpha value is -2.09. The SMILES string of the molecule is CCNC(=NCc1c(C)nn(C)c1C)NC(C)c1cccc2ccccc12.I. The molecular formula is C22H30IN5. The number of benzene rings is 2. The van der Waals surface area contributed by atoms with Crippen molar-refractivity contribution in [3.63, 3.8) is 0 Å². The molecule has 150 valence electrons. The average molecular weight is 491 g/mol. The van der Waals surface area contributed by atoms with Crippen molar-refractivity contribution in [3.05, 3.63) is 65.0 Å². The van der Waals surface area contributed by atoms with E-state index in [1.807, 2.05) is 18.7 Å². The second-order valence-corrected chi connectivity index (χ2v) is 6.90. The van der Waals surface area contributed by atoms with Crippen molar-refractivity contribution in [2.45, 2.75) is 40.3 Å². The number of halogens is 1. The number of aromatic nitrogens is 2. The van der Waals surface area contributed by atoms with Crippen LogP contribution in [0.25, 0.3) is 10.8 Å². The highest BCUT2D eigenvalue weighted by Crippen LogP contribution is 2.24. The molecule has 1 unspecified atom stereocenters. The lowest BCUT2D eigenvalue weighted by Gasteiger charge is -2.20. The minimum atomic E-state index is 0. The van der Waals surface area contributed by atoms with Gasteiger partial charge in [-0.05, 0) is 44.0 Å². The van der Waals surface area contributed by atoms with Crippen LogP contribution in [-0.2, 0) is 13.6 Å². The standard InChI is InChI=1S/C22H29N5.HI/c1-6-23-22(24-14-21-16(3)26-27(5)17(21)4)25-15(2)19-13-9-11-18-10-7-8-12-20(18)19;/h7-13,15H,6,14H2,1-5H3,(H2,23,24,25);1H. The largest absolute Gasteiger partial charge is 0.357 e. The molecule has 0 aliphatic carbocycles. The molecule has 1 heterocycles. The summed E-state index contributed by atoms with van der Waals surface area (Å²) in [6, 6.07) is 15.1. The second kappa shape index (κ2) is 9.91. The molecule has 3 aromatic rings. The Morgan fingerprint density at radius 3 is 2.54 bits per heavy atom. The fourth-order valence-electron chi connectivity index (χ4n) is 3.44. The highest BCUT2D eigenvalue weighted by molar-refractivity contribution is 14.0. The van der Waals surface area contributed by atoms with Gasteiger partial charge < -0.3 is 10.6 Å². The molecule has 0 aliphatic rings. The van der Waals surface area contributed by atoms with E-state index in [-0.39, 0.29) is 30.0 Å². The third-order valence-corrected chi connectivity index (χ3v) is 5.04. The van der Waals surface area contributed by atoms with Crippen LogP contribution < -0.4 is 10.6 Å². The van der Waals surface area contributed by atoms with Crippen LogP contribution >= 0.6 is 24.0 Å². The highest BCUT2D eigenvalue weighted by Gasteiger charge is 2.12. The molecule has 0 saturated carbocycles. The number of rotatable bonds is 5. The van der Waals surface area contributed by atoms with Gasteiger partial charge in [-0.3, -0.25) is 4.68 Å². The zero-order chi connectivity index (χ0) is 19.4. The molecule has 0 amide bonds. The number of guanidine groups is 1. The average Bonchev–Trinajstić information content (AvgIpc) is 2.91. The molecule has 6 heteroatoms. The van der Waals surface area contributed by atoms with E-state index < -0.39 is 0 Å².